The summed E-state index contributed by atoms with van der Waals surface area (Å²) in [5.41, 5.74) is -2.56. The van der Waals surface area contributed by atoms with Crippen molar-refractivity contribution in [1.29, 1.82) is 0 Å². The number of ether oxygens (including phenoxy) is 1. The zero-order valence-corrected chi connectivity index (χ0v) is 17.4. The summed E-state index contributed by atoms with van der Waals surface area (Å²) in [4.78, 5) is 13.3. The standard InChI is InChI=1S/C20H34N2O4/c1-16(2)11-14-13(18(5,6)21(16)24)9-10-20(26-14)15(23)12-17(3,4)22(25)19(20,7)8/h24-25H,9-12H2,1-8H3/t20-/m0/s1. The Labute approximate surface area is 156 Å². The van der Waals surface area contributed by atoms with E-state index in [9.17, 15) is 15.2 Å². The molecule has 0 aromatic rings. The Morgan fingerprint density at radius 3 is 2.00 bits per heavy atom. The lowest BCUT2D eigenvalue weighted by Gasteiger charge is -2.61. The fourth-order valence-corrected chi connectivity index (χ4v) is 5.41. The third kappa shape index (κ3) is 2.35. The average molecular weight is 367 g/mol. The molecule has 0 amide bonds. The molecule has 1 spiro atoms. The highest BCUT2D eigenvalue weighted by atomic mass is 16.5. The molecule has 0 aromatic heterocycles. The maximum atomic E-state index is 13.3. The molecule has 3 aliphatic heterocycles. The lowest BCUT2D eigenvalue weighted by Crippen LogP contribution is -2.75. The van der Waals surface area contributed by atoms with Gasteiger partial charge >= 0.3 is 0 Å². The molecule has 1 fully saturated rings. The second-order valence-electron chi connectivity index (χ2n) is 10.5. The monoisotopic (exact) mass is 366 g/mol. The molecule has 0 aliphatic carbocycles. The molecule has 3 heterocycles. The molecule has 1 atom stereocenters. The summed E-state index contributed by atoms with van der Waals surface area (Å²) in [6.07, 6.45) is 1.94. The molecular weight excluding hydrogens is 332 g/mol. The Balaban J connectivity index is 2.08. The highest BCUT2D eigenvalue weighted by molar-refractivity contribution is 5.91. The number of rotatable bonds is 0. The first kappa shape index (κ1) is 19.8. The van der Waals surface area contributed by atoms with Gasteiger partial charge in [0.1, 0.15) is 5.76 Å². The van der Waals surface area contributed by atoms with Gasteiger partial charge in [-0.2, -0.15) is 10.1 Å². The van der Waals surface area contributed by atoms with E-state index in [1.807, 2.05) is 55.4 Å². The van der Waals surface area contributed by atoms with E-state index in [4.69, 9.17) is 4.74 Å². The van der Waals surface area contributed by atoms with E-state index in [1.54, 1.807) is 0 Å². The third-order valence-electron chi connectivity index (χ3n) is 6.93. The Hall–Kier alpha value is -0.950. The van der Waals surface area contributed by atoms with Crippen LogP contribution in [0.5, 0.6) is 0 Å². The van der Waals surface area contributed by atoms with Gasteiger partial charge in [-0.3, -0.25) is 4.79 Å². The number of ketones is 1. The molecule has 0 unspecified atom stereocenters. The quantitative estimate of drug-likeness (QED) is 0.681. The van der Waals surface area contributed by atoms with Crippen LogP contribution in [0.2, 0.25) is 0 Å². The van der Waals surface area contributed by atoms with E-state index in [-0.39, 0.29) is 12.2 Å². The van der Waals surface area contributed by atoms with Crippen LogP contribution < -0.4 is 0 Å². The van der Waals surface area contributed by atoms with Gasteiger partial charge < -0.3 is 15.2 Å². The molecule has 3 rings (SSSR count). The fraction of sp³-hybridized carbons (Fsp3) is 0.850. The molecule has 1 saturated heterocycles. The van der Waals surface area contributed by atoms with Gasteiger partial charge in [0, 0.05) is 30.3 Å². The van der Waals surface area contributed by atoms with Gasteiger partial charge in [0.05, 0.1) is 11.1 Å². The zero-order chi connectivity index (χ0) is 19.9. The van der Waals surface area contributed by atoms with Crippen LogP contribution in [0.3, 0.4) is 0 Å². The molecular formula is C20H34N2O4. The summed E-state index contributed by atoms with van der Waals surface area (Å²) < 4.78 is 6.52. The van der Waals surface area contributed by atoms with Crippen molar-refractivity contribution in [3.8, 4) is 0 Å². The smallest absolute Gasteiger partial charge is 0.186 e. The predicted octanol–water partition coefficient (Wildman–Crippen LogP) is 3.66. The van der Waals surface area contributed by atoms with E-state index in [0.29, 0.717) is 19.3 Å². The van der Waals surface area contributed by atoms with Gasteiger partial charge in [-0.05, 0) is 67.4 Å². The number of carbonyl (C=O) groups excluding carboxylic acids is 1. The Morgan fingerprint density at radius 2 is 1.42 bits per heavy atom. The summed E-state index contributed by atoms with van der Waals surface area (Å²) >= 11 is 0. The van der Waals surface area contributed by atoms with Crippen LogP contribution in [0.1, 0.15) is 81.1 Å². The van der Waals surface area contributed by atoms with Crippen LogP contribution >= 0.6 is 0 Å². The minimum atomic E-state index is -1.07. The van der Waals surface area contributed by atoms with Gasteiger partial charge in [0.15, 0.2) is 11.4 Å². The summed E-state index contributed by atoms with van der Waals surface area (Å²) in [5, 5.41) is 24.3. The minimum absolute atomic E-state index is 0.0476. The summed E-state index contributed by atoms with van der Waals surface area (Å²) in [6, 6.07) is 0. The number of nitrogens with zero attached hydrogens (tertiary/aromatic N) is 2. The molecule has 6 nitrogen and oxygen atoms in total. The molecule has 148 valence electrons. The summed E-state index contributed by atoms with van der Waals surface area (Å²) in [6.45, 7) is 15.4. The van der Waals surface area contributed by atoms with Crippen molar-refractivity contribution in [2.75, 3.05) is 0 Å². The van der Waals surface area contributed by atoms with Crippen molar-refractivity contribution in [1.82, 2.24) is 10.1 Å². The summed E-state index contributed by atoms with van der Waals surface area (Å²) in [5.74, 6) is 0.845. The summed E-state index contributed by atoms with van der Waals surface area (Å²) in [7, 11) is 0. The van der Waals surface area contributed by atoms with Gasteiger partial charge in [-0.25, -0.2) is 0 Å². The van der Waals surface area contributed by atoms with Gasteiger partial charge in [-0.1, -0.05) is 0 Å². The SMILES string of the molecule is CC1(C)CC2=C(CC[C@]3(O2)C(=O)CC(C)(C)N(O)C3(C)C)C(C)(C)N1O. The Kier molecular flexibility index (Phi) is 4.04. The molecule has 3 aliphatic rings. The first-order chi connectivity index (χ1) is 11.6. The van der Waals surface area contributed by atoms with Crippen molar-refractivity contribution in [2.45, 2.75) is 109 Å². The maximum absolute atomic E-state index is 13.3. The maximum Gasteiger partial charge on any atom is 0.186 e. The fourth-order valence-electron chi connectivity index (χ4n) is 5.41. The Bertz CT molecular complexity index is 677. The van der Waals surface area contributed by atoms with Crippen molar-refractivity contribution >= 4 is 5.78 Å². The van der Waals surface area contributed by atoms with Crippen molar-refractivity contribution < 1.29 is 19.9 Å². The molecule has 0 bridgehead atoms. The lowest BCUT2D eigenvalue weighted by atomic mass is 9.64. The molecule has 0 saturated carbocycles. The third-order valence-corrected chi connectivity index (χ3v) is 6.93. The largest absolute Gasteiger partial charge is 0.482 e. The van der Waals surface area contributed by atoms with Crippen LogP contribution in [-0.4, -0.2) is 54.1 Å². The zero-order valence-electron chi connectivity index (χ0n) is 17.4. The first-order valence-electron chi connectivity index (χ1n) is 9.53. The van der Waals surface area contributed by atoms with E-state index in [0.717, 1.165) is 11.3 Å². The van der Waals surface area contributed by atoms with E-state index in [1.165, 1.54) is 10.1 Å². The van der Waals surface area contributed by atoms with Crippen LogP contribution in [0.4, 0.5) is 0 Å². The van der Waals surface area contributed by atoms with Gasteiger partial charge in [0.2, 0.25) is 0 Å². The molecule has 26 heavy (non-hydrogen) atoms. The molecule has 6 heteroatoms. The molecule has 2 N–H and O–H groups in total. The lowest BCUT2D eigenvalue weighted by molar-refractivity contribution is -0.293. The van der Waals surface area contributed by atoms with Gasteiger partial charge in [0.25, 0.3) is 0 Å². The van der Waals surface area contributed by atoms with E-state index >= 15 is 0 Å². The van der Waals surface area contributed by atoms with Crippen LogP contribution in [0.25, 0.3) is 0 Å². The van der Waals surface area contributed by atoms with E-state index in [2.05, 4.69) is 0 Å². The highest BCUT2D eigenvalue weighted by Gasteiger charge is 2.65. The number of hydrogen-bond acceptors (Lipinski definition) is 6. The average Bonchev–Trinajstić information content (AvgIpc) is 2.49. The first-order valence-corrected chi connectivity index (χ1v) is 9.53. The molecule has 0 radical (unpaired) electrons. The Morgan fingerprint density at radius 1 is 0.885 bits per heavy atom. The van der Waals surface area contributed by atoms with Gasteiger partial charge in [-0.15, -0.1) is 0 Å². The van der Waals surface area contributed by atoms with Crippen LogP contribution in [0, 0.1) is 0 Å². The number of hydroxylamine groups is 4. The van der Waals surface area contributed by atoms with Crippen LogP contribution in [-0.2, 0) is 9.53 Å². The highest BCUT2D eigenvalue weighted by Crippen LogP contribution is 2.54. The molecule has 0 aromatic carbocycles. The predicted molar refractivity (Wildman–Crippen MR) is 97.9 cm³/mol. The second kappa shape index (κ2) is 5.31. The normalized spacial score (nSPS) is 36.0. The number of piperidine rings is 1. The number of carbonyl (C=O) groups is 1. The van der Waals surface area contributed by atoms with Crippen LogP contribution in [0.15, 0.2) is 11.3 Å². The number of hydrogen-bond donors (Lipinski definition) is 2. The van der Waals surface area contributed by atoms with Crippen molar-refractivity contribution in [3.63, 3.8) is 0 Å². The minimum Gasteiger partial charge on any atom is -0.482 e. The van der Waals surface area contributed by atoms with E-state index < -0.39 is 27.8 Å². The van der Waals surface area contributed by atoms with Crippen molar-refractivity contribution in [2.24, 2.45) is 0 Å². The number of Topliss-reactive ketones (excluding diaryl/α,β-unsaturated/α-hetero) is 1. The second-order valence-corrected chi connectivity index (χ2v) is 10.5. The topological polar surface area (TPSA) is 73.2 Å². The van der Waals surface area contributed by atoms with Crippen molar-refractivity contribution in [3.05, 3.63) is 11.3 Å².